The molecular formula is C16H17FN4O2S. The zero-order valence-electron chi connectivity index (χ0n) is 13.2. The van der Waals surface area contributed by atoms with Gasteiger partial charge in [0.2, 0.25) is 10.1 Å². The maximum absolute atomic E-state index is 13.0. The standard InChI is InChI=1S/C16H17FN4O2S/c1-9(2)7-12(14(22)23)18-15-20-21-8-13(19-16(21)24-15)10-3-5-11(17)6-4-10/h3-6,8-9,12H,7H2,1-2H3,(H,18,20)(H,22,23)/t12-/m0/s1. The van der Waals surface area contributed by atoms with Gasteiger partial charge in [0, 0.05) is 5.56 Å². The van der Waals surface area contributed by atoms with Crippen LogP contribution in [-0.2, 0) is 4.79 Å². The van der Waals surface area contributed by atoms with Crippen LogP contribution in [0.2, 0.25) is 0 Å². The van der Waals surface area contributed by atoms with Crippen LogP contribution in [0.15, 0.2) is 30.5 Å². The maximum atomic E-state index is 13.0. The minimum atomic E-state index is -0.899. The third-order valence-electron chi connectivity index (χ3n) is 3.49. The summed E-state index contributed by atoms with van der Waals surface area (Å²) in [5.74, 6) is -0.939. The maximum Gasteiger partial charge on any atom is 0.326 e. The van der Waals surface area contributed by atoms with Crippen LogP contribution in [0.5, 0.6) is 0 Å². The number of aliphatic carboxylic acids is 1. The summed E-state index contributed by atoms with van der Waals surface area (Å²) in [4.78, 5) is 16.4. The molecule has 2 N–H and O–H groups in total. The number of nitrogens with zero attached hydrogens (tertiary/aromatic N) is 3. The van der Waals surface area contributed by atoms with Crippen molar-refractivity contribution in [2.75, 3.05) is 5.32 Å². The highest BCUT2D eigenvalue weighted by atomic mass is 32.1. The zero-order chi connectivity index (χ0) is 17.3. The van der Waals surface area contributed by atoms with E-state index in [0.29, 0.717) is 22.2 Å². The Kier molecular flexibility index (Phi) is 4.48. The molecule has 0 aliphatic rings. The molecule has 0 bridgehead atoms. The van der Waals surface area contributed by atoms with Crippen molar-refractivity contribution in [1.82, 2.24) is 14.6 Å². The summed E-state index contributed by atoms with van der Waals surface area (Å²) in [7, 11) is 0. The molecule has 3 aromatic rings. The molecule has 2 heterocycles. The van der Waals surface area contributed by atoms with E-state index in [9.17, 15) is 14.3 Å². The smallest absolute Gasteiger partial charge is 0.326 e. The Morgan fingerprint density at radius 3 is 2.67 bits per heavy atom. The summed E-state index contributed by atoms with van der Waals surface area (Å²) < 4.78 is 14.6. The lowest BCUT2D eigenvalue weighted by Crippen LogP contribution is -2.30. The SMILES string of the molecule is CC(C)C[C@H](Nc1nn2cc(-c3ccc(F)cc3)nc2s1)C(=O)O. The number of fused-ring (bicyclic) bond motifs is 1. The van der Waals surface area contributed by atoms with Crippen LogP contribution < -0.4 is 5.32 Å². The number of nitrogens with one attached hydrogen (secondary N) is 1. The number of carboxylic acids is 1. The summed E-state index contributed by atoms with van der Waals surface area (Å²) in [5.41, 5.74) is 1.49. The highest BCUT2D eigenvalue weighted by Crippen LogP contribution is 2.25. The van der Waals surface area contributed by atoms with Crippen LogP contribution in [-0.4, -0.2) is 31.7 Å². The lowest BCUT2D eigenvalue weighted by Gasteiger charge is -2.15. The van der Waals surface area contributed by atoms with Crippen LogP contribution in [0.1, 0.15) is 20.3 Å². The van der Waals surface area contributed by atoms with Crippen molar-refractivity contribution in [2.24, 2.45) is 5.92 Å². The molecule has 0 fully saturated rings. The Morgan fingerprint density at radius 2 is 2.08 bits per heavy atom. The van der Waals surface area contributed by atoms with Crippen molar-refractivity contribution in [3.8, 4) is 11.3 Å². The number of imidazole rings is 1. The van der Waals surface area contributed by atoms with Gasteiger partial charge in [-0.1, -0.05) is 25.2 Å². The molecule has 6 nitrogen and oxygen atoms in total. The molecule has 0 aliphatic carbocycles. The first kappa shape index (κ1) is 16.4. The summed E-state index contributed by atoms with van der Waals surface area (Å²) in [6, 6.07) is 5.39. The summed E-state index contributed by atoms with van der Waals surface area (Å²) in [6.07, 6.45) is 2.25. The van der Waals surface area contributed by atoms with Gasteiger partial charge in [0.25, 0.3) is 0 Å². The molecule has 1 aromatic carbocycles. The average molecular weight is 348 g/mol. The van der Waals surface area contributed by atoms with Gasteiger partial charge >= 0.3 is 5.97 Å². The number of hydrogen-bond donors (Lipinski definition) is 2. The highest BCUT2D eigenvalue weighted by molar-refractivity contribution is 7.20. The highest BCUT2D eigenvalue weighted by Gasteiger charge is 2.20. The molecule has 2 aromatic heterocycles. The topological polar surface area (TPSA) is 79.5 Å². The number of carboxylic acid groups (broad SMARTS) is 1. The van der Waals surface area contributed by atoms with E-state index in [1.54, 1.807) is 22.8 Å². The monoisotopic (exact) mass is 348 g/mol. The van der Waals surface area contributed by atoms with Gasteiger partial charge in [-0.25, -0.2) is 18.7 Å². The number of hydrogen-bond acceptors (Lipinski definition) is 5. The second-order valence-electron chi connectivity index (χ2n) is 5.93. The van der Waals surface area contributed by atoms with Crippen molar-refractivity contribution >= 4 is 27.4 Å². The van der Waals surface area contributed by atoms with Gasteiger partial charge in [0.1, 0.15) is 11.9 Å². The number of benzene rings is 1. The van der Waals surface area contributed by atoms with Gasteiger partial charge in [-0.3, -0.25) is 0 Å². The largest absolute Gasteiger partial charge is 0.480 e. The molecule has 24 heavy (non-hydrogen) atoms. The van der Waals surface area contributed by atoms with E-state index < -0.39 is 12.0 Å². The number of rotatable bonds is 6. The molecule has 0 spiro atoms. The number of anilines is 1. The second kappa shape index (κ2) is 6.56. The Labute approximate surface area is 142 Å². The quantitative estimate of drug-likeness (QED) is 0.713. The van der Waals surface area contributed by atoms with E-state index in [1.807, 2.05) is 13.8 Å². The number of aromatic nitrogens is 3. The molecule has 8 heteroatoms. The van der Waals surface area contributed by atoms with E-state index >= 15 is 0 Å². The Balaban J connectivity index is 1.81. The van der Waals surface area contributed by atoms with Crippen molar-refractivity contribution < 1.29 is 14.3 Å². The predicted octanol–water partition coefficient (Wildman–Crippen LogP) is 3.51. The van der Waals surface area contributed by atoms with Crippen molar-refractivity contribution in [3.05, 3.63) is 36.3 Å². The van der Waals surface area contributed by atoms with E-state index in [2.05, 4.69) is 15.4 Å². The molecule has 0 saturated heterocycles. The Bertz CT molecular complexity index is 825. The van der Waals surface area contributed by atoms with Crippen molar-refractivity contribution in [3.63, 3.8) is 0 Å². The fourth-order valence-corrected chi connectivity index (χ4v) is 3.19. The molecule has 0 radical (unpaired) electrons. The molecule has 126 valence electrons. The summed E-state index contributed by atoms with van der Waals surface area (Å²) >= 11 is 1.28. The molecule has 3 rings (SSSR count). The first-order chi connectivity index (χ1) is 11.4. The van der Waals surface area contributed by atoms with Crippen molar-refractivity contribution in [2.45, 2.75) is 26.3 Å². The van der Waals surface area contributed by atoms with E-state index in [4.69, 9.17) is 0 Å². The van der Waals surface area contributed by atoms with Crippen LogP contribution in [0.25, 0.3) is 16.2 Å². The van der Waals surface area contributed by atoms with E-state index in [1.165, 1.54) is 23.5 Å². The van der Waals surface area contributed by atoms with Gasteiger partial charge in [-0.2, -0.15) is 0 Å². The van der Waals surface area contributed by atoms with Crippen LogP contribution in [0, 0.1) is 11.7 Å². The number of halogens is 1. The first-order valence-electron chi connectivity index (χ1n) is 7.54. The van der Waals surface area contributed by atoms with Gasteiger partial charge in [-0.05, 0) is 36.6 Å². The van der Waals surface area contributed by atoms with Crippen LogP contribution in [0.3, 0.4) is 0 Å². The van der Waals surface area contributed by atoms with Gasteiger partial charge in [0.05, 0.1) is 11.9 Å². The average Bonchev–Trinajstić information content (AvgIpc) is 3.05. The van der Waals surface area contributed by atoms with Crippen LogP contribution in [0.4, 0.5) is 9.52 Å². The van der Waals surface area contributed by atoms with Gasteiger partial charge in [-0.15, -0.1) is 5.10 Å². The third-order valence-corrected chi connectivity index (χ3v) is 4.34. The lowest BCUT2D eigenvalue weighted by atomic mass is 10.0. The van der Waals surface area contributed by atoms with Crippen molar-refractivity contribution in [1.29, 1.82) is 0 Å². The summed E-state index contributed by atoms with van der Waals surface area (Å²) in [5, 5.41) is 17.1. The third kappa shape index (κ3) is 3.53. The predicted molar refractivity (Wildman–Crippen MR) is 90.8 cm³/mol. The molecule has 0 saturated carbocycles. The zero-order valence-corrected chi connectivity index (χ0v) is 14.0. The first-order valence-corrected chi connectivity index (χ1v) is 8.35. The minimum absolute atomic E-state index is 0.257. The molecule has 0 unspecified atom stereocenters. The van der Waals surface area contributed by atoms with E-state index in [0.717, 1.165) is 5.56 Å². The molecule has 0 aliphatic heterocycles. The molecule has 0 amide bonds. The number of carbonyl (C=O) groups is 1. The molecule has 1 atom stereocenters. The minimum Gasteiger partial charge on any atom is -0.480 e. The second-order valence-corrected chi connectivity index (χ2v) is 6.89. The van der Waals surface area contributed by atoms with Crippen LogP contribution >= 0.6 is 11.3 Å². The fraction of sp³-hybridized carbons (Fsp3) is 0.312. The molecular weight excluding hydrogens is 331 g/mol. The fourth-order valence-electron chi connectivity index (χ4n) is 2.36. The van der Waals surface area contributed by atoms with E-state index in [-0.39, 0.29) is 11.7 Å². The summed E-state index contributed by atoms with van der Waals surface area (Å²) in [6.45, 7) is 3.95. The van der Waals surface area contributed by atoms with Gasteiger partial charge in [0.15, 0.2) is 0 Å². The normalized spacial score (nSPS) is 12.7. The Hall–Kier alpha value is -2.48. The van der Waals surface area contributed by atoms with Gasteiger partial charge < -0.3 is 10.4 Å². The lowest BCUT2D eigenvalue weighted by molar-refractivity contribution is -0.138. The Morgan fingerprint density at radius 1 is 1.38 bits per heavy atom.